The van der Waals surface area contributed by atoms with E-state index < -0.39 is 0 Å². The average molecular weight is 458 g/mol. The molecule has 5 rings (SSSR count). The van der Waals surface area contributed by atoms with Gasteiger partial charge in [-0.15, -0.1) is 10.2 Å². The fourth-order valence-electron chi connectivity index (χ4n) is 4.30. The normalized spacial score (nSPS) is 15.3. The Kier molecular flexibility index (Phi) is 6.28. The summed E-state index contributed by atoms with van der Waals surface area (Å²) in [5.74, 6) is 1.33. The van der Waals surface area contributed by atoms with Gasteiger partial charge in [-0.25, -0.2) is 9.97 Å². The van der Waals surface area contributed by atoms with Crippen molar-refractivity contribution < 1.29 is 4.79 Å². The third-order valence-corrected chi connectivity index (χ3v) is 6.19. The first kappa shape index (κ1) is 21.7. The van der Waals surface area contributed by atoms with Crippen LogP contribution in [0.1, 0.15) is 41.9 Å². The van der Waals surface area contributed by atoms with Gasteiger partial charge < -0.3 is 20.6 Å². The Hall–Kier alpha value is -4.08. The number of allylic oxidation sites excluding steroid dienone is 1. The molecule has 0 radical (unpaired) electrons. The summed E-state index contributed by atoms with van der Waals surface area (Å²) in [5, 5.41) is 19.4. The summed E-state index contributed by atoms with van der Waals surface area (Å²) < 4.78 is 1.89. The van der Waals surface area contributed by atoms with Crippen molar-refractivity contribution in [3.63, 3.8) is 0 Å². The summed E-state index contributed by atoms with van der Waals surface area (Å²) >= 11 is 0. The molecule has 0 saturated heterocycles. The third kappa shape index (κ3) is 4.66. The molecule has 1 aliphatic carbocycles. The van der Waals surface area contributed by atoms with Gasteiger partial charge >= 0.3 is 0 Å². The van der Waals surface area contributed by atoms with Crippen molar-refractivity contribution in [1.82, 2.24) is 35.5 Å². The summed E-state index contributed by atoms with van der Waals surface area (Å²) in [6.07, 6.45) is 7.59. The van der Waals surface area contributed by atoms with E-state index in [9.17, 15) is 4.79 Å². The Morgan fingerprint density at radius 1 is 1.15 bits per heavy atom. The molecule has 1 saturated carbocycles. The third-order valence-electron chi connectivity index (χ3n) is 6.19. The van der Waals surface area contributed by atoms with E-state index in [0.29, 0.717) is 36.7 Å². The van der Waals surface area contributed by atoms with Crippen molar-refractivity contribution in [2.24, 2.45) is 12.1 Å². The summed E-state index contributed by atoms with van der Waals surface area (Å²) in [7, 11) is 1.90. The molecule has 3 heterocycles. The fourth-order valence-corrected chi connectivity index (χ4v) is 4.30. The van der Waals surface area contributed by atoms with E-state index in [-0.39, 0.29) is 5.91 Å². The monoisotopic (exact) mass is 457 g/mol. The number of fused-ring (bicyclic) bond motifs is 1. The maximum atomic E-state index is 12.8. The zero-order valence-electron chi connectivity index (χ0n) is 19.1. The SMILES string of the molecule is Cn1c(CNc2cccc(C(=O)NCC3=C4CCCCC4=NNC3)c2)nnc1-c1ccncn1. The number of carbonyl (C=O) groups is 1. The maximum Gasteiger partial charge on any atom is 0.251 e. The van der Waals surface area contributed by atoms with Crippen LogP contribution in [0.5, 0.6) is 0 Å². The molecule has 10 heteroatoms. The summed E-state index contributed by atoms with van der Waals surface area (Å²) in [4.78, 5) is 21.0. The number of carbonyl (C=O) groups excluding carboxylic acids is 1. The number of benzene rings is 1. The highest BCUT2D eigenvalue weighted by atomic mass is 16.1. The van der Waals surface area contributed by atoms with Gasteiger partial charge in [-0.3, -0.25) is 4.79 Å². The van der Waals surface area contributed by atoms with Gasteiger partial charge in [0.25, 0.3) is 5.91 Å². The van der Waals surface area contributed by atoms with Gasteiger partial charge in [0.1, 0.15) is 12.0 Å². The van der Waals surface area contributed by atoms with E-state index in [1.54, 1.807) is 12.3 Å². The van der Waals surface area contributed by atoms with E-state index in [2.05, 4.69) is 41.3 Å². The number of nitrogens with zero attached hydrogens (tertiary/aromatic N) is 6. The van der Waals surface area contributed by atoms with Gasteiger partial charge in [0.15, 0.2) is 11.6 Å². The van der Waals surface area contributed by atoms with Crippen LogP contribution >= 0.6 is 0 Å². The molecule has 10 nitrogen and oxygen atoms in total. The minimum Gasteiger partial charge on any atom is -0.378 e. The summed E-state index contributed by atoms with van der Waals surface area (Å²) in [5.41, 5.74) is 8.97. The van der Waals surface area contributed by atoms with Crippen LogP contribution in [0.25, 0.3) is 11.5 Å². The lowest BCUT2D eigenvalue weighted by Gasteiger charge is -2.25. The second-order valence-corrected chi connectivity index (χ2v) is 8.39. The number of hydrogen-bond acceptors (Lipinski definition) is 8. The molecule has 0 spiro atoms. The first-order chi connectivity index (χ1) is 16.7. The van der Waals surface area contributed by atoms with E-state index in [0.717, 1.165) is 30.1 Å². The first-order valence-electron chi connectivity index (χ1n) is 11.5. The lowest BCUT2D eigenvalue weighted by atomic mass is 9.88. The molecule has 0 unspecified atom stereocenters. The fraction of sp³-hybridized carbons (Fsp3) is 0.333. The molecule has 3 N–H and O–H groups in total. The molecule has 1 fully saturated rings. The van der Waals surface area contributed by atoms with Crippen molar-refractivity contribution in [3.8, 4) is 11.5 Å². The lowest BCUT2D eigenvalue weighted by Crippen LogP contribution is -2.33. The Bertz CT molecular complexity index is 1250. The van der Waals surface area contributed by atoms with Crippen LogP contribution < -0.4 is 16.1 Å². The standard InChI is InChI=1S/C24H27N9O/c1-33-22(31-32-23(33)21-9-10-25-15-28-21)14-26-18-6-4-5-16(11-18)24(34)27-12-17-13-29-30-20-8-3-2-7-19(17)20/h4-6,9-11,15,26,29H,2-3,7-8,12-14H2,1H3,(H,27,34). The molecular formula is C24H27N9O. The van der Waals surface area contributed by atoms with E-state index >= 15 is 0 Å². The van der Waals surface area contributed by atoms with E-state index in [4.69, 9.17) is 0 Å². The van der Waals surface area contributed by atoms with Gasteiger partial charge in [-0.05, 0) is 61.1 Å². The molecule has 34 heavy (non-hydrogen) atoms. The Morgan fingerprint density at radius 3 is 2.94 bits per heavy atom. The predicted molar refractivity (Wildman–Crippen MR) is 129 cm³/mol. The minimum atomic E-state index is -0.0960. The molecule has 1 amide bonds. The van der Waals surface area contributed by atoms with Crippen LogP contribution in [0.15, 0.2) is 59.1 Å². The van der Waals surface area contributed by atoms with Crippen LogP contribution in [0.2, 0.25) is 0 Å². The molecule has 0 atom stereocenters. The molecular weight excluding hydrogens is 430 g/mol. The van der Waals surface area contributed by atoms with Crippen molar-refractivity contribution in [1.29, 1.82) is 0 Å². The smallest absolute Gasteiger partial charge is 0.251 e. The lowest BCUT2D eigenvalue weighted by molar-refractivity contribution is 0.0956. The number of rotatable bonds is 7. The molecule has 1 aromatic carbocycles. The van der Waals surface area contributed by atoms with Crippen molar-refractivity contribution in [2.75, 3.05) is 18.4 Å². The minimum absolute atomic E-state index is 0.0960. The number of aromatic nitrogens is 5. The number of nitrogens with one attached hydrogen (secondary N) is 3. The second-order valence-electron chi connectivity index (χ2n) is 8.39. The number of amides is 1. The number of hydrazone groups is 1. The second kappa shape index (κ2) is 9.82. The van der Waals surface area contributed by atoms with Crippen LogP contribution in [-0.4, -0.2) is 49.4 Å². The maximum absolute atomic E-state index is 12.8. The Morgan fingerprint density at radius 2 is 2.06 bits per heavy atom. The quantitative estimate of drug-likeness (QED) is 0.498. The van der Waals surface area contributed by atoms with Crippen molar-refractivity contribution >= 4 is 17.3 Å². The average Bonchev–Trinajstić information content (AvgIpc) is 3.26. The zero-order valence-corrected chi connectivity index (χ0v) is 19.1. The van der Waals surface area contributed by atoms with Crippen LogP contribution in [0, 0.1) is 0 Å². The van der Waals surface area contributed by atoms with Crippen molar-refractivity contribution in [2.45, 2.75) is 32.2 Å². The van der Waals surface area contributed by atoms with Gasteiger partial charge in [-0.2, -0.15) is 5.10 Å². The van der Waals surface area contributed by atoms with Crippen LogP contribution in [0.4, 0.5) is 5.69 Å². The number of hydrogen-bond donors (Lipinski definition) is 3. The number of anilines is 1. The van der Waals surface area contributed by atoms with Crippen LogP contribution in [0.3, 0.4) is 0 Å². The summed E-state index contributed by atoms with van der Waals surface area (Å²) in [6.45, 7) is 1.68. The predicted octanol–water partition coefficient (Wildman–Crippen LogP) is 2.44. The highest BCUT2D eigenvalue weighted by Crippen LogP contribution is 2.25. The van der Waals surface area contributed by atoms with Crippen LogP contribution in [-0.2, 0) is 13.6 Å². The summed E-state index contributed by atoms with van der Waals surface area (Å²) in [6, 6.07) is 9.27. The topological polar surface area (TPSA) is 122 Å². The van der Waals surface area contributed by atoms with Gasteiger partial charge in [0, 0.05) is 31.0 Å². The Labute approximate surface area is 197 Å². The molecule has 174 valence electrons. The highest BCUT2D eigenvalue weighted by Gasteiger charge is 2.21. The van der Waals surface area contributed by atoms with E-state index in [1.165, 1.54) is 30.3 Å². The Balaban J connectivity index is 1.21. The molecule has 3 aromatic rings. The first-order valence-corrected chi connectivity index (χ1v) is 11.5. The molecule has 2 aromatic heterocycles. The molecule has 1 aliphatic heterocycles. The van der Waals surface area contributed by atoms with Gasteiger partial charge in [-0.1, -0.05) is 6.07 Å². The van der Waals surface area contributed by atoms with Gasteiger partial charge in [0.2, 0.25) is 0 Å². The van der Waals surface area contributed by atoms with Crippen molar-refractivity contribution in [3.05, 3.63) is 65.4 Å². The zero-order chi connectivity index (χ0) is 23.3. The molecule has 0 bridgehead atoms. The largest absolute Gasteiger partial charge is 0.378 e. The van der Waals surface area contributed by atoms with E-state index in [1.807, 2.05) is 35.9 Å². The highest BCUT2D eigenvalue weighted by molar-refractivity contribution is 6.02. The van der Waals surface area contributed by atoms with Gasteiger partial charge in [0.05, 0.1) is 18.8 Å². The molecule has 2 aliphatic rings.